The van der Waals surface area contributed by atoms with Crippen molar-refractivity contribution in [1.29, 1.82) is 5.26 Å². The average Bonchev–Trinajstić information content (AvgIpc) is 2.58. The fourth-order valence-corrected chi connectivity index (χ4v) is 1.97. The van der Waals surface area contributed by atoms with Crippen molar-refractivity contribution < 1.29 is 9.59 Å². The summed E-state index contributed by atoms with van der Waals surface area (Å²) in [5, 5.41) is 14.2. The van der Waals surface area contributed by atoms with E-state index in [0.29, 0.717) is 0 Å². The molecule has 0 aliphatic carbocycles. The molecule has 120 valence electrons. The van der Waals surface area contributed by atoms with Crippen LogP contribution in [0.1, 0.15) is 11.1 Å². The van der Waals surface area contributed by atoms with Gasteiger partial charge in [-0.2, -0.15) is 5.26 Å². The van der Waals surface area contributed by atoms with Crippen LogP contribution in [0.5, 0.6) is 0 Å². The number of aryl methyl sites for hydroxylation is 1. The van der Waals surface area contributed by atoms with Crippen LogP contribution in [-0.4, -0.2) is 11.8 Å². The summed E-state index contributed by atoms with van der Waals surface area (Å²) in [6.07, 6.45) is 1.37. The van der Waals surface area contributed by atoms with Crippen LogP contribution in [-0.2, 0) is 16.0 Å². The highest BCUT2D eigenvalue weighted by molar-refractivity contribution is 6.07. The summed E-state index contributed by atoms with van der Waals surface area (Å²) in [4.78, 5) is 23.9. The molecule has 0 spiro atoms. The maximum Gasteiger partial charge on any atom is 0.270 e. The zero-order chi connectivity index (χ0) is 17.4. The molecule has 2 aromatic carbocycles. The first-order chi connectivity index (χ1) is 11.6. The van der Waals surface area contributed by atoms with E-state index in [0.717, 1.165) is 16.8 Å². The quantitative estimate of drug-likeness (QED) is 0.656. The number of anilines is 1. The van der Waals surface area contributed by atoms with Crippen LogP contribution in [0, 0.1) is 18.3 Å². The van der Waals surface area contributed by atoms with E-state index in [9.17, 15) is 9.59 Å². The summed E-state index contributed by atoms with van der Waals surface area (Å²) in [7, 11) is 0. The number of carbonyl (C=O) groups is 2. The van der Waals surface area contributed by atoms with Crippen molar-refractivity contribution in [1.82, 2.24) is 5.32 Å². The number of benzene rings is 2. The maximum absolute atomic E-state index is 12.0. The smallest absolute Gasteiger partial charge is 0.270 e. The maximum atomic E-state index is 12.0. The van der Waals surface area contributed by atoms with Crippen LogP contribution in [0.2, 0.25) is 0 Å². The van der Waals surface area contributed by atoms with Crippen molar-refractivity contribution in [3.05, 3.63) is 77.5 Å². The first kappa shape index (κ1) is 17.0. The molecule has 2 N–H and O–H groups in total. The number of carbonyl (C=O) groups excluding carboxylic acids is 2. The lowest BCUT2D eigenvalue weighted by Gasteiger charge is -2.05. The Kier molecular flexibility index (Phi) is 5.87. The zero-order valence-corrected chi connectivity index (χ0v) is 13.2. The minimum atomic E-state index is -0.724. The van der Waals surface area contributed by atoms with Gasteiger partial charge in [-0.15, -0.1) is 0 Å². The minimum absolute atomic E-state index is 0.0800. The Morgan fingerprint density at radius 3 is 2.38 bits per heavy atom. The summed E-state index contributed by atoms with van der Waals surface area (Å²) in [5.74, 6) is -1.18. The molecule has 0 bridgehead atoms. The molecule has 2 rings (SSSR count). The molecule has 0 saturated carbocycles. The second kappa shape index (κ2) is 8.30. The number of nitrogens with one attached hydrogen (secondary N) is 2. The predicted molar refractivity (Wildman–Crippen MR) is 91.8 cm³/mol. The van der Waals surface area contributed by atoms with Gasteiger partial charge in [0.1, 0.15) is 11.6 Å². The Morgan fingerprint density at radius 1 is 1.08 bits per heavy atom. The second-order valence-corrected chi connectivity index (χ2v) is 5.22. The Labute approximate surface area is 140 Å². The van der Waals surface area contributed by atoms with Crippen molar-refractivity contribution in [2.75, 3.05) is 5.32 Å². The molecule has 2 aromatic rings. The fraction of sp³-hybridized carbons (Fsp3) is 0.105. The third-order valence-electron chi connectivity index (χ3n) is 3.26. The number of rotatable bonds is 5. The topological polar surface area (TPSA) is 82.0 Å². The van der Waals surface area contributed by atoms with Crippen molar-refractivity contribution >= 4 is 17.5 Å². The molecular formula is C19H17N3O2. The number of nitrogens with zero attached hydrogens (tertiary/aromatic N) is 1. The van der Waals surface area contributed by atoms with E-state index in [1.807, 2.05) is 49.4 Å². The van der Waals surface area contributed by atoms with E-state index in [4.69, 9.17) is 5.26 Å². The summed E-state index contributed by atoms with van der Waals surface area (Å²) in [5.41, 5.74) is 2.48. The van der Waals surface area contributed by atoms with Crippen LogP contribution in [0.4, 0.5) is 5.69 Å². The van der Waals surface area contributed by atoms with Gasteiger partial charge in [-0.05, 0) is 24.6 Å². The van der Waals surface area contributed by atoms with Gasteiger partial charge in [0.25, 0.3) is 5.91 Å². The first-order valence-electron chi connectivity index (χ1n) is 7.40. The zero-order valence-electron chi connectivity index (χ0n) is 13.2. The average molecular weight is 319 g/mol. The van der Waals surface area contributed by atoms with Crippen LogP contribution in [0.15, 0.2) is 66.4 Å². The molecule has 5 heteroatoms. The summed E-state index contributed by atoms with van der Waals surface area (Å²) in [6.45, 7) is 1.96. The van der Waals surface area contributed by atoms with Crippen molar-refractivity contribution in [2.24, 2.45) is 0 Å². The van der Waals surface area contributed by atoms with E-state index < -0.39 is 11.8 Å². The molecule has 0 heterocycles. The Morgan fingerprint density at radius 2 is 1.75 bits per heavy atom. The predicted octanol–water partition coefficient (Wildman–Crippen LogP) is 2.70. The van der Waals surface area contributed by atoms with Gasteiger partial charge in [0, 0.05) is 11.9 Å². The van der Waals surface area contributed by atoms with Crippen LogP contribution in [0.3, 0.4) is 0 Å². The lowest BCUT2D eigenvalue weighted by Crippen LogP contribution is -2.32. The van der Waals surface area contributed by atoms with E-state index in [2.05, 4.69) is 10.6 Å². The lowest BCUT2D eigenvalue weighted by molar-refractivity contribution is -0.127. The number of hydrogen-bond acceptors (Lipinski definition) is 4. The largest absolute Gasteiger partial charge is 0.360 e. The van der Waals surface area contributed by atoms with Gasteiger partial charge in [0.2, 0.25) is 5.91 Å². The molecule has 0 fully saturated rings. The Hall–Kier alpha value is -3.39. The highest BCUT2D eigenvalue weighted by Crippen LogP contribution is 2.09. The molecule has 0 aliphatic rings. The van der Waals surface area contributed by atoms with E-state index >= 15 is 0 Å². The van der Waals surface area contributed by atoms with Crippen LogP contribution in [0.25, 0.3) is 0 Å². The third kappa shape index (κ3) is 5.11. The molecular weight excluding hydrogens is 302 g/mol. The van der Waals surface area contributed by atoms with E-state index in [1.165, 1.54) is 6.20 Å². The summed E-state index contributed by atoms with van der Waals surface area (Å²) in [6, 6.07) is 18.3. The Balaban J connectivity index is 1.95. The Bertz CT molecular complexity index is 788. The highest BCUT2D eigenvalue weighted by atomic mass is 16.2. The van der Waals surface area contributed by atoms with Crippen molar-refractivity contribution in [3.8, 4) is 6.07 Å². The number of hydrogen-bond donors (Lipinski definition) is 2. The highest BCUT2D eigenvalue weighted by Gasteiger charge is 2.13. The monoisotopic (exact) mass is 319 g/mol. The number of amides is 2. The van der Waals surface area contributed by atoms with Gasteiger partial charge in [-0.1, -0.05) is 48.0 Å². The van der Waals surface area contributed by atoms with Gasteiger partial charge in [-0.3, -0.25) is 14.9 Å². The molecule has 0 aliphatic heterocycles. The SMILES string of the molecule is Cc1ccc(NC=C(C#N)C(=O)NC(=O)Cc2ccccc2)cc1. The van der Waals surface area contributed by atoms with Gasteiger partial charge < -0.3 is 5.32 Å². The van der Waals surface area contributed by atoms with Gasteiger partial charge in [0.15, 0.2) is 0 Å². The molecule has 0 saturated heterocycles. The lowest BCUT2D eigenvalue weighted by atomic mass is 10.1. The molecule has 5 nitrogen and oxygen atoms in total. The third-order valence-corrected chi connectivity index (χ3v) is 3.26. The van der Waals surface area contributed by atoms with Gasteiger partial charge >= 0.3 is 0 Å². The fourth-order valence-electron chi connectivity index (χ4n) is 1.97. The van der Waals surface area contributed by atoms with E-state index in [1.54, 1.807) is 18.2 Å². The molecule has 2 amide bonds. The molecule has 0 atom stereocenters. The molecule has 0 aromatic heterocycles. The van der Waals surface area contributed by atoms with E-state index in [-0.39, 0.29) is 12.0 Å². The minimum Gasteiger partial charge on any atom is -0.360 e. The first-order valence-corrected chi connectivity index (χ1v) is 7.40. The van der Waals surface area contributed by atoms with Crippen molar-refractivity contribution in [3.63, 3.8) is 0 Å². The second-order valence-electron chi connectivity index (χ2n) is 5.22. The molecule has 0 unspecified atom stereocenters. The van der Waals surface area contributed by atoms with Crippen molar-refractivity contribution in [2.45, 2.75) is 13.3 Å². The standard InChI is InChI=1S/C19H17N3O2/c1-14-7-9-17(10-8-14)21-13-16(12-20)19(24)22-18(23)11-15-5-3-2-4-6-15/h2-10,13,21H,11H2,1H3,(H,22,23,24). The number of imide groups is 1. The van der Waals surface area contributed by atoms with Crippen LogP contribution < -0.4 is 10.6 Å². The van der Waals surface area contributed by atoms with Crippen LogP contribution >= 0.6 is 0 Å². The normalized spacial score (nSPS) is 10.6. The molecule has 24 heavy (non-hydrogen) atoms. The van der Waals surface area contributed by atoms with Gasteiger partial charge in [-0.25, -0.2) is 0 Å². The van der Waals surface area contributed by atoms with Gasteiger partial charge in [0.05, 0.1) is 6.42 Å². The number of nitriles is 1. The summed E-state index contributed by atoms with van der Waals surface area (Å²) >= 11 is 0. The summed E-state index contributed by atoms with van der Waals surface area (Å²) < 4.78 is 0. The molecule has 0 radical (unpaired) electrons.